The van der Waals surface area contributed by atoms with Crippen LogP contribution in [0.1, 0.15) is 13.8 Å². The number of fused-ring (bicyclic) bond motifs is 1. The fourth-order valence-corrected chi connectivity index (χ4v) is 2.90. The maximum atomic E-state index is 6.16. The topological polar surface area (TPSA) is 86.0 Å². The van der Waals surface area contributed by atoms with E-state index in [1.165, 1.54) is 0 Å². The Morgan fingerprint density at radius 2 is 1.64 bits per heavy atom. The molecule has 1 aliphatic heterocycles. The number of aromatic nitrogens is 2. The molecule has 1 aromatic heterocycles. The van der Waals surface area contributed by atoms with Gasteiger partial charge in [0.2, 0.25) is 5.95 Å². The summed E-state index contributed by atoms with van der Waals surface area (Å²) in [7, 11) is 3.19. The molecule has 1 aromatic carbocycles. The van der Waals surface area contributed by atoms with Crippen molar-refractivity contribution < 1.29 is 14.3 Å². The number of methoxy groups -OCH3 is 2. The van der Waals surface area contributed by atoms with Crippen molar-refractivity contribution in [2.45, 2.75) is 20.0 Å². The van der Waals surface area contributed by atoms with Gasteiger partial charge in [-0.1, -0.05) is 0 Å². The summed E-state index contributed by atoms with van der Waals surface area (Å²) in [4.78, 5) is 17.0. The van der Waals surface area contributed by atoms with Crippen LogP contribution in [0, 0.1) is 0 Å². The van der Waals surface area contributed by atoms with Crippen molar-refractivity contribution >= 4 is 22.7 Å². The summed E-state index contributed by atoms with van der Waals surface area (Å²) in [6, 6.07) is 3.63. The van der Waals surface area contributed by atoms with Crippen LogP contribution in [0.5, 0.6) is 11.5 Å². The zero-order chi connectivity index (χ0) is 18.0. The number of rotatable bonds is 5. The van der Waals surface area contributed by atoms with E-state index in [4.69, 9.17) is 20.0 Å². The largest absolute Gasteiger partial charge is 0.493 e. The van der Waals surface area contributed by atoms with Crippen molar-refractivity contribution in [1.29, 1.82) is 0 Å². The fourth-order valence-electron chi connectivity index (χ4n) is 2.90. The Morgan fingerprint density at radius 1 is 1.00 bits per heavy atom. The van der Waals surface area contributed by atoms with Crippen LogP contribution in [-0.2, 0) is 4.84 Å². The average Bonchev–Trinajstić information content (AvgIpc) is 2.60. The molecule has 0 aliphatic carbocycles. The first-order valence-electron chi connectivity index (χ1n) is 8.37. The molecule has 0 atom stereocenters. The Labute approximate surface area is 147 Å². The van der Waals surface area contributed by atoms with Crippen LogP contribution >= 0.6 is 0 Å². The third-order valence-corrected chi connectivity index (χ3v) is 4.10. The Morgan fingerprint density at radius 3 is 2.24 bits per heavy atom. The first-order chi connectivity index (χ1) is 12.0. The lowest BCUT2D eigenvalue weighted by molar-refractivity contribution is -0.189. The van der Waals surface area contributed by atoms with Gasteiger partial charge in [-0.3, -0.25) is 4.84 Å². The van der Waals surface area contributed by atoms with Crippen LogP contribution in [0.2, 0.25) is 0 Å². The lowest BCUT2D eigenvalue weighted by atomic mass is 10.2. The predicted octanol–water partition coefficient (Wildman–Crippen LogP) is 1.69. The Balaban J connectivity index is 1.86. The number of nitrogens with zero attached hydrogens (tertiary/aromatic N) is 4. The van der Waals surface area contributed by atoms with Crippen LogP contribution in [0.15, 0.2) is 12.1 Å². The predicted molar refractivity (Wildman–Crippen MR) is 97.1 cm³/mol. The quantitative estimate of drug-likeness (QED) is 0.874. The van der Waals surface area contributed by atoms with Gasteiger partial charge in [0, 0.05) is 37.6 Å². The highest BCUT2D eigenvalue weighted by Crippen LogP contribution is 2.34. The van der Waals surface area contributed by atoms with Gasteiger partial charge in [-0.25, -0.2) is 4.98 Å². The molecule has 25 heavy (non-hydrogen) atoms. The molecule has 1 aliphatic rings. The summed E-state index contributed by atoms with van der Waals surface area (Å²) in [6.07, 6.45) is 0.182. The van der Waals surface area contributed by atoms with Gasteiger partial charge in [0.15, 0.2) is 11.5 Å². The van der Waals surface area contributed by atoms with Gasteiger partial charge in [-0.15, -0.1) is 0 Å². The van der Waals surface area contributed by atoms with E-state index in [0.29, 0.717) is 23.3 Å². The van der Waals surface area contributed by atoms with E-state index < -0.39 is 0 Å². The van der Waals surface area contributed by atoms with E-state index >= 15 is 0 Å². The molecule has 0 spiro atoms. The lowest BCUT2D eigenvalue weighted by Crippen LogP contribution is -2.47. The fraction of sp³-hybridized carbons (Fsp3) is 0.529. The molecular weight excluding hydrogens is 322 g/mol. The standard InChI is InChI=1S/C17H25N5O3/c1-11(2)25-22-7-5-21(6-8-22)17-19-13-10-15(24-4)14(23-3)9-12(13)16(18)20-17/h9-11H,5-8H2,1-4H3,(H2,18,19,20). The first kappa shape index (κ1) is 17.5. The number of hydrogen-bond acceptors (Lipinski definition) is 8. The summed E-state index contributed by atoms with van der Waals surface area (Å²) in [5.41, 5.74) is 6.90. The Hall–Kier alpha value is -2.32. The highest BCUT2D eigenvalue weighted by molar-refractivity contribution is 5.91. The highest BCUT2D eigenvalue weighted by Gasteiger charge is 2.21. The van der Waals surface area contributed by atoms with Crippen LogP contribution in [0.4, 0.5) is 11.8 Å². The van der Waals surface area contributed by atoms with Gasteiger partial charge in [-0.2, -0.15) is 10.0 Å². The Bertz CT molecular complexity index is 745. The third-order valence-electron chi connectivity index (χ3n) is 4.10. The molecule has 0 unspecified atom stereocenters. The van der Waals surface area contributed by atoms with Crippen molar-refractivity contribution in [2.24, 2.45) is 0 Å². The number of hydrogen-bond donors (Lipinski definition) is 1. The van der Waals surface area contributed by atoms with Gasteiger partial charge in [-0.05, 0) is 19.9 Å². The van der Waals surface area contributed by atoms with Crippen LogP contribution < -0.4 is 20.1 Å². The maximum Gasteiger partial charge on any atom is 0.227 e. The molecule has 1 fully saturated rings. The van der Waals surface area contributed by atoms with Crippen LogP contribution in [-0.4, -0.2) is 61.5 Å². The van der Waals surface area contributed by atoms with Crippen molar-refractivity contribution in [2.75, 3.05) is 51.0 Å². The molecule has 0 radical (unpaired) electrons. The first-order valence-corrected chi connectivity index (χ1v) is 8.37. The van der Waals surface area contributed by atoms with Gasteiger partial charge >= 0.3 is 0 Å². The number of hydroxylamine groups is 2. The number of anilines is 2. The van der Waals surface area contributed by atoms with Crippen molar-refractivity contribution in [3.05, 3.63) is 12.1 Å². The highest BCUT2D eigenvalue weighted by atomic mass is 16.7. The zero-order valence-corrected chi connectivity index (χ0v) is 15.2. The monoisotopic (exact) mass is 347 g/mol. The van der Waals surface area contributed by atoms with E-state index in [0.717, 1.165) is 37.1 Å². The second kappa shape index (κ2) is 7.28. The number of nitrogens with two attached hydrogens (primary N) is 1. The summed E-state index contributed by atoms with van der Waals surface area (Å²) in [5.74, 6) is 2.29. The second-order valence-electron chi connectivity index (χ2n) is 6.20. The number of ether oxygens (including phenoxy) is 2. The minimum atomic E-state index is 0.182. The van der Waals surface area contributed by atoms with E-state index in [2.05, 4.69) is 14.9 Å². The van der Waals surface area contributed by atoms with Crippen LogP contribution in [0.25, 0.3) is 10.9 Å². The van der Waals surface area contributed by atoms with Gasteiger partial charge in [0.05, 0.1) is 25.8 Å². The van der Waals surface area contributed by atoms with E-state index in [1.54, 1.807) is 14.2 Å². The maximum absolute atomic E-state index is 6.16. The summed E-state index contributed by atoms with van der Waals surface area (Å²) in [6.45, 7) is 7.22. The Kier molecular flexibility index (Phi) is 5.10. The van der Waals surface area contributed by atoms with Gasteiger partial charge in [0.1, 0.15) is 5.82 Å². The molecule has 0 saturated carbocycles. The molecule has 8 heteroatoms. The summed E-state index contributed by atoms with van der Waals surface area (Å²) in [5, 5.41) is 2.74. The number of piperazine rings is 1. The van der Waals surface area contributed by atoms with Gasteiger partial charge < -0.3 is 20.1 Å². The smallest absolute Gasteiger partial charge is 0.227 e. The average molecular weight is 347 g/mol. The minimum Gasteiger partial charge on any atom is -0.493 e. The molecule has 1 saturated heterocycles. The summed E-state index contributed by atoms with van der Waals surface area (Å²) >= 11 is 0. The molecule has 2 heterocycles. The zero-order valence-electron chi connectivity index (χ0n) is 15.2. The molecular formula is C17H25N5O3. The molecule has 0 amide bonds. The molecule has 0 bridgehead atoms. The molecule has 8 nitrogen and oxygen atoms in total. The lowest BCUT2D eigenvalue weighted by Gasteiger charge is -2.34. The van der Waals surface area contributed by atoms with E-state index in [1.807, 2.05) is 31.0 Å². The normalized spacial score (nSPS) is 15.8. The number of benzene rings is 1. The van der Waals surface area contributed by atoms with Crippen molar-refractivity contribution in [3.8, 4) is 11.5 Å². The van der Waals surface area contributed by atoms with Gasteiger partial charge in [0.25, 0.3) is 0 Å². The van der Waals surface area contributed by atoms with Crippen molar-refractivity contribution in [1.82, 2.24) is 15.0 Å². The van der Waals surface area contributed by atoms with Crippen LogP contribution in [0.3, 0.4) is 0 Å². The molecule has 2 N–H and O–H groups in total. The van der Waals surface area contributed by atoms with E-state index in [9.17, 15) is 0 Å². The minimum absolute atomic E-state index is 0.182. The SMILES string of the molecule is COc1cc2nc(N3CCN(OC(C)C)CC3)nc(N)c2cc1OC. The third kappa shape index (κ3) is 3.69. The molecule has 136 valence electrons. The van der Waals surface area contributed by atoms with Crippen molar-refractivity contribution in [3.63, 3.8) is 0 Å². The van der Waals surface area contributed by atoms with E-state index in [-0.39, 0.29) is 6.10 Å². The summed E-state index contributed by atoms with van der Waals surface area (Å²) < 4.78 is 10.7. The molecule has 2 aromatic rings. The second-order valence-corrected chi connectivity index (χ2v) is 6.20. The number of nitrogen functional groups attached to an aromatic ring is 1. The molecule has 3 rings (SSSR count).